The maximum Gasteiger partial charge on any atom is 0.233 e. The molecule has 0 fully saturated rings. The summed E-state index contributed by atoms with van der Waals surface area (Å²) >= 11 is 7.53. The van der Waals surface area contributed by atoms with Crippen LogP contribution in [0.5, 0.6) is 0 Å². The van der Waals surface area contributed by atoms with E-state index in [4.69, 9.17) is 11.6 Å². The number of nitrogens with zero attached hydrogens (tertiary/aromatic N) is 4. The van der Waals surface area contributed by atoms with Crippen molar-refractivity contribution in [1.82, 2.24) is 15.0 Å². The predicted molar refractivity (Wildman–Crippen MR) is 78.0 cm³/mol. The van der Waals surface area contributed by atoms with Gasteiger partial charge in [0, 0.05) is 18.0 Å². The van der Waals surface area contributed by atoms with Gasteiger partial charge in [-0.25, -0.2) is 9.97 Å². The monoisotopic (exact) mass is 306 g/mol. The molecule has 102 valence electrons. The molecule has 3 heterocycles. The number of fused-ring (bicyclic) bond motifs is 1. The van der Waals surface area contributed by atoms with Crippen LogP contribution in [0.4, 0.5) is 5.82 Å². The van der Waals surface area contributed by atoms with Crippen LogP contribution in [-0.2, 0) is 17.8 Å². The van der Waals surface area contributed by atoms with Crippen LogP contribution in [0, 0.1) is 0 Å². The van der Waals surface area contributed by atoms with Crippen LogP contribution >= 0.6 is 23.4 Å². The van der Waals surface area contributed by atoms with E-state index < -0.39 is 0 Å². The minimum Gasteiger partial charge on any atom is -0.292 e. The predicted octanol–water partition coefficient (Wildman–Crippen LogP) is 2.34. The molecule has 1 aliphatic rings. The summed E-state index contributed by atoms with van der Waals surface area (Å²) < 4.78 is 0. The van der Waals surface area contributed by atoms with Gasteiger partial charge in [-0.2, -0.15) is 0 Å². The lowest BCUT2D eigenvalue weighted by Gasteiger charge is -2.16. The molecule has 0 spiro atoms. The zero-order valence-corrected chi connectivity index (χ0v) is 12.3. The number of carbonyl (C=O) groups is 1. The van der Waals surface area contributed by atoms with Crippen LogP contribution in [0.1, 0.15) is 11.1 Å². The number of carbonyl (C=O) groups excluding carboxylic acids is 1. The second kappa shape index (κ2) is 5.38. The molecule has 0 aliphatic carbocycles. The Morgan fingerprint density at radius 1 is 1.45 bits per heavy atom. The first-order valence-corrected chi connectivity index (χ1v) is 7.59. The highest BCUT2D eigenvalue weighted by molar-refractivity contribution is 7.98. The van der Waals surface area contributed by atoms with Gasteiger partial charge in [0.15, 0.2) is 5.16 Å². The van der Waals surface area contributed by atoms with Gasteiger partial charge in [-0.05, 0) is 17.9 Å². The number of hydrogen-bond donors (Lipinski definition) is 0. The summed E-state index contributed by atoms with van der Waals surface area (Å²) in [6.45, 7) is 0.445. The largest absolute Gasteiger partial charge is 0.292 e. The lowest BCUT2D eigenvalue weighted by atomic mass is 10.3. The van der Waals surface area contributed by atoms with E-state index in [0.29, 0.717) is 28.2 Å². The molecule has 0 radical (unpaired) electrons. The van der Waals surface area contributed by atoms with Crippen LogP contribution in [0.25, 0.3) is 0 Å². The smallest absolute Gasteiger partial charge is 0.233 e. The Bertz CT molecular complexity index is 665. The molecule has 1 aliphatic heterocycles. The molecule has 0 unspecified atom stereocenters. The fourth-order valence-corrected chi connectivity index (χ4v) is 2.74. The maximum atomic E-state index is 12.2. The summed E-state index contributed by atoms with van der Waals surface area (Å²) in [6.07, 6.45) is 5.57. The third kappa shape index (κ3) is 2.36. The fraction of sp³-hybridized carbons (Fsp3) is 0.231. The zero-order valence-electron chi connectivity index (χ0n) is 10.7. The number of halogens is 1. The first-order valence-electron chi connectivity index (χ1n) is 5.98. The summed E-state index contributed by atoms with van der Waals surface area (Å²) in [5, 5.41) is 0.932. The normalized spacial score (nSPS) is 13.7. The number of aromatic nitrogens is 3. The fourth-order valence-electron chi connectivity index (χ4n) is 2.10. The molecule has 2 aromatic heterocycles. The molecular formula is C13H11ClN4OS. The van der Waals surface area contributed by atoms with Crippen molar-refractivity contribution in [2.45, 2.75) is 18.1 Å². The summed E-state index contributed by atoms with van der Waals surface area (Å²) in [5.74, 6) is 0.599. The van der Waals surface area contributed by atoms with Gasteiger partial charge in [-0.15, -0.1) is 0 Å². The summed E-state index contributed by atoms with van der Waals surface area (Å²) in [6, 6.07) is 3.77. The van der Waals surface area contributed by atoms with E-state index in [1.165, 1.54) is 11.8 Å². The second-order valence-corrected chi connectivity index (χ2v) is 5.45. The van der Waals surface area contributed by atoms with Crippen molar-refractivity contribution in [3.63, 3.8) is 0 Å². The Kier molecular flexibility index (Phi) is 3.58. The Balaban J connectivity index is 1.99. The van der Waals surface area contributed by atoms with E-state index in [1.54, 1.807) is 17.3 Å². The lowest BCUT2D eigenvalue weighted by Crippen LogP contribution is -2.26. The van der Waals surface area contributed by atoms with Gasteiger partial charge in [0.1, 0.15) is 11.0 Å². The van der Waals surface area contributed by atoms with Crippen molar-refractivity contribution in [2.24, 2.45) is 0 Å². The van der Waals surface area contributed by atoms with Crippen LogP contribution in [0.3, 0.4) is 0 Å². The van der Waals surface area contributed by atoms with Crippen LogP contribution in [0.2, 0.25) is 5.15 Å². The first kappa shape index (κ1) is 13.3. The van der Waals surface area contributed by atoms with Crippen molar-refractivity contribution in [2.75, 3.05) is 11.2 Å². The highest BCUT2D eigenvalue weighted by atomic mass is 35.5. The van der Waals surface area contributed by atoms with Crippen molar-refractivity contribution in [1.29, 1.82) is 0 Å². The molecule has 3 rings (SSSR count). The average Bonchev–Trinajstić information content (AvgIpc) is 2.77. The molecule has 20 heavy (non-hydrogen) atoms. The molecular weight excluding hydrogens is 296 g/mol. The van der Waals surface area contributed by atoms with E-state index in [-0.39, 0.29) is 12.3 Å². The minimum atomic E-state index is -0.0155. The third-order valence-corrected chi connectivity index (χ3v) is 3.91. The first-order chi connectivity index (χ1) is 9.69. The molecule has 0 N–H and O–H groups in total. The standard InChI is InChI=1S/C13H11ClN4OS/c1-20-13-16-11(14)9-5-10(19)18(12(9)17-13)7-8-3-2-4-15-6-8/h2-4,6H,5,7H2,1H3. The van der Waals surface area contributed by atoms with Gasteiger partial charge < -0.3 is 0 Å². The summed E-state index contributed by atoms with van der Waals surface area (Å²) in [5.41, 5.74) is 1.66. The quantitative estimate of drug-likeness (QED) is 0.495. The summed E-state index contributed by atoms with van der Waals surface area (Å²) in [7, 11) is 0. The number of anilines is 1. The van der Waals surface area contributed by atoms with E-state index in [9.17, 15) is 4.79 Å². The van der Waals surface area contributed by atoms with Gasteiger partial charge >= 0.3 is 0 Å². The molecule has 0 saturated heterocycles. The van der Waals surface area contributed by atoms with Gasteiger partial charge in [0.2, 0.25) is 5.91 Å². The average molecular weight is 307 g/mol. The number of amides is 1. The van der Waals surface area contributed by atoms with Crippen molar-refractivity contribution < 1.29 is 4.79 Å². The van der Waals surface area contributed by atoms with E-state index in [0.717, 1.165) is 5.56 Å². The van der Waals surface area contributed by atoms with Gasteiger partial charge in [-0.3, -0.25) is 14.7 Å². The number of hydrogen-bond acceptors (Lipinski definition) is 5. The zero-order chi connectivity index (χ0) is 14.1. The molecule has 7 heteroatoms. The topological polar surface area (TPSA) is 59.0 Å². The molecule has 0 atom stereocenters. The van der Waals surface area contributed by atoms with E-state index in [1.807, 2.05) is 18.4 Å². The molecule has 2 aromatic rings. The highest BCUT2D eigenvalue weighted by Gasteiger charge is 2.32. The number of rotatable bonds is 3. The number of thioether (sulfide) groups is 1. The maximum absolute atomic E-state index is 12.2. The molecule has 0 bridgehead atoms. The SMILES string of the molecule is CSc1nc(Cl)c2c(n1)N(Cc1cccnc1)C(=O)C2. The van der Waals surface area contributed by atoms with Gasteiger partial charge in [0.25, 0.3) is 0 Å². The van der Waals surface area contributed by atoms with Crippen LogP contribution in [0.15, 0.2) is 29.7 Å². The molecule has 5 nitrogen and oxygen atoms in total. The second-order valence-electron chi connectivity index (χ2n) is 4.32. The molecule has 1 amide bonds. The molecule has 0 aromatic carbocycles. The minimum absolute atomic E-state index is 0.0155. The Morgan fingerprint density at radius 3 is 3.00 bits per heavy atom. The number of pyridine rings is 1. The Labute approximate surface area is 125 Å². The van der Waals surface area contributed by atoms with Crippen molar-refractivity contribution >= 4 is 35.1 Å². The summed E-state index contributed by atoms with van der Waals surface area (Å²) in [4.78, 5) is 26.4. The lowest BCUT2D eigenvalue weighted by molar-refractivity contribution is -0.117. The van der Waals surface area contributed by atoms with Crippen LogP contribution < -0.4 is 4.90 Å². The highest BCUT2D eigenvalue weighted by Crippen LogP contribution is 2.33. The Hall–Kier alpha value is -1.66. The van der Waals surface area contributed by atoms with Gasteiger partial charge in [0.05, 0.1) is 13.0 Å². The Morgan fingerprint density at radius 2 is 2.30 bits per heavy atom. The van der Waals surface area contributed by atoms with E-state index >= 15 is 0 Å². The van der Waals surface area contributed by atoms with Crippen molar-refractivity contribution in [3.05, 3.63) is 40.8 Å². The molecule has 0 saturated carbocycles. The van der Waals surface area contributed by atoms with Gasteiger partial charge in [-0.1, -0.05) is 29.4 Å². The van der Waals surface area contributed by atoms with E-state index in [2.05, 4.69) is 15.0 Å². The van der Waals surface area contributed by atoms with Crippen molar-refractivity contribution in [3.8, 4) is 0 Å². The van der Waals surface area contributed by atoms with Crippen LogP contribution in [-0.4, -0.2) is 27.1 Å². The third-order valence-electron chi connectivity index (χ3n) is 3.05.